The summed E-state index contributed by atoms with van der Waals surface area (Å²) in [4.78, 5) is 12.1. The van der Waals surface area contributed by atoms with Crippen molar-refractivity contribution in [1.29, 1.82) is 0 Å². The number of carbonyl (C=O) groups is 1. The summed E-state index contributed by atoms with van der Waals surface area (Å²) in [7, 11) is 1.46. The highest BCUT2D eigenvalue weighted by atomic mass is 16.5. The van der Waals surface area contributed by atoms with Crippen LogP contribution in [0.15, 0.2) is 0 Å². The number of carbonyl (C=O) groups excluding carboxylic acids is 1. The summed E-state index contributed by atoms with van der Waals surface area (Å²) in [6.07, 6.45) is 7.51. The molecule has 0 radical (unpaired) electrons. The van der Waals surface area contributed by atoms with E-state index in [2.05, 4.69) is 26.1 Å². The largest absolute Gasteiger partial charge is 0.468 e. The first-order chi connectivity index (χ1) is 9.54. The quantitative estimate of drug-likeness (QED) is 0.522. The summed E-state index contributed by atoms with van der Waals surface area (Å²) in [6.45, 7) is 7.14. The molecule has 0 aromatic heterocycles. The average Bonchev–Trinajstić information content (AvgIpc) is 2.81. The predicted octanol–water partition coefficient (Wildman–Crippen LogP) is 3.05. The summed E-state index contributed by atoms with van der Waals surface area (Å²) in [5.74, 6) is -0.150. The zero-order valence-electron chi connectivity index (χ0n) is 13.5. The van der Waals surface area contributed by atoms with Crippen molar-refractivity contribution in [3.63, 3.8) is 0 Å². The van der Waals surface area contributed by atoms with Gasteiger partial charge in [-0.25, -0.2) is 0 Å². The van der Waals surface area contributed by atoms with E-state index in [1.54, 1.807) is 0 Å². The topological polar surface area (TPSA) is 47.6 Å². The van der Waals surface area contributed by atoms with Crippen molar-refractivity contribution in [2.24, 2.45) is 0 Å². The third kappa shape index (κ3) is 5.06. The number of rotatable bonds is 9. The van der Waals surface area contributed by atoms with Gasteiger partial charge in [-0.2, -0.15) is 0 Å². The average molecular weight is 285 g/mol. The Balaban J connectivity index is 2.42. The Morgan fingerprint density at radius 1 is 1.35 bits per heavy atom. The predicted molar refractivity (Wildman–Crippen MR) is 80.8 cm³/mol. The molecule has 1 N–H and O–H groups in total. The maximum atomic E-state index is 12.1. The Bertz CT molecular complexity index is 293. The van der Waals surface area contributed by atoms with Gasteiger partial charge in [-0.1, -0.05) is 26.2 Å². The zero-order valence-corrected chi connectivity index (χ0v) is 13.5. The van der Waals surface area contributed by atoms with Crippen LogP contribution in [0.2, 0.25) is 0 Å². The minimum atomic E-state index is -0.545. The SMILES string of the molecule is CCCCCCOC1CCC(NC(C)C)(C(=O)OC)C1. The fourth-order valence-corrected chi connectivity index (χ4v) is 3.04. The number of esters is 1. The molecule has 20 heavy (non-hydrogen) atoms. The van der Waals surface area contributed by atoms with Crippen LogP contribution >= 0.6 is 0 Å². The number of ether oxygens (including phenoxy) is 2. The number of nitrogens with one attached hydrogen (secondary N) is 1. The summed E-state index contributed by atoms with van der Waals surface area (Å²) in [5.41, 5.74) is -0.545. The maximum Gasteiger partial charge on any atom is 0.326 e. The molecular formula is C16H31NO3. The molecule has 2 unspecified atom stereocenters. The second-order valence-electron chi connectivity index (χ2n) is 6.17. The minimum Gasteiger partial charge on any atom is -0.468 e. The van der Waals surface area contributed by atoms with Gasteiger partial charge >= 0.3 is 5.97 Å². The van der Waals surface area contributed by atoms with Crippen LogP contribution in [0.25, 0.3) is 0 Å². The molecule has 4 nitrogen and oxygen atoms in total. The monoisotopic (exact) mass is 285 g/mol. The van der Waals surface area contributed by atoms with E-state index in [1.807, 2.05) is 0 Å². The van der Waals surface area contributed by atoms with Gasteiger partial charge in [-0.05, 0) is 33.1 Å². The molecule has 1 aliphatic rings. The molecule has 0 aromatic carbocycles. The Hall–Kier alpha value is -0.610. The van der Waals surface area contributed by atoms with Crippen molar-refractivity contribution in [3.05, 3.63) is 0 Å². The van der Waals surface area contributed by atoms with Crippen LogP contribution in [0.4, 0.5) is 0 Å². The third-order valence-corrected chi connectivity index (χ3v) is 3.96. The molecule has 0 aliphatic heterocycles. The van der Waals surface area contributed by atoms with Gasteiger partial charge in [0, 0.05) is 19.1 Å². The molecule has 0 aromatic rings. The van der Waals surface area contributed by atoms with E-state index in [-0.39, 0.29) is 18.1 Å². The molecule has 2 atom stereocenters. The van der Waals surface area contributed by atoms with Crippen LogP contribution < -0.4 is 5.32 Å². The lowest BCUT2D eigenvalue weighted by Gasteiger charge is -2.30. The normalized spacial score (nSPS) is 26.1. The molecule has 0 amide bonds. The number of hydrogen-bond acceptors (Lipinski definition) is 4. The van der Waals surface area contributed by atoms with Gasteiger partial charge in [0.05, 0.1) is 13.2 Å². The summed E-state index contributed by atoms with van der Waals surface area (Å²) >= 11 is 0. The molecule has 1 fully saturated rings. The second-order valence-corrected chi connectivity index (χ2v) is 6.17. The molecule has 1 aliphatic carbocycles. The molecule has 0 heterocycles. The maximum absolute atomic E-state index is 12.1. The Morgan fingerprint density at radius 2 is 2.10 bits per heavy atom. The van der Waals surface area contributed by atoms with E-state index in [0.29, 0.717) is 0 Å². The van der Waals surface area contributed by atoms with Crippen LogP contribution in [-0.2, 0) is 14.3 Å². The van der Waals surface area contributed by atoms with E-state index in [0.717, 1.165) is 32.3 Å². The van der Waals surface area contributed by atoms with Gasteiger partial charge in [0.1, 0.15) is 5.54 Å². The standard InChI is InChI=1S/C16H31NO3/c1-5-6-7-8-11-20-14-9-10-16(12-14,15(18)19-4)17-13(2)3/h13-14,17H,5-12H2,1-4H3. The fraction of sp³-hybridized carbons (Fsp3) is 0.938. The number of unbranched alkanes of at least 4 members (excludes halogenated alkanes) is 3. The van der Waals surface area contributed by atoms with Crippen molar-refractivity contribution in [2.75, 3.05) is 13.7 Å². The summed E-state index contributed by atoms with van der Waals surface area (Å²) in [6, 6.07) is 0.261. The van der Waals surface area contributed by atoms with Gasteiger partial charge in [0.2, 0.25) is 0 Å². The second kappa shape index (κ2) is 8.63. The van der Waals surface area contributed by atoms with Crippen molar-refractivity contribution >= 4 is 5.97 Å². The van der Waals surface area contributed by atoms with E-state index < -0.39 is 5.54 Å². The Morgan fingerprint density at radius 3 is 2.70 bits per heavy atom. The third-order valence-electron chi connectivity index (χ3n) is 3.96. The van der Waals surface area contributed by atoms with Crippen LogP contribution in [0.5, 0.6) is 0 Å². The Labute approximate surface area is 123 Å². The summed E-state index contributed by atoms with van der Waals surface area (Å²) < 4.78 is 10.9. The lowest BCUT2D eigenvalue weighted by molar-refractivity contribution is -0.149. The number of hydrogen-bond donors (Lipinski definition) is 1. The van der Waals surface area contributed by atoms with Crippen molar-refractivity contribution in [2.45, 2.75) is 83.4 Å². The first kappa shape index (κ1) is 17.4. The molecule has 1 saturated carbocycles. The fourth-order valence-electron chi connectivity index (χ4n) is 3.04. The molecule has 1 rings (SSSR count). The minimum absolute atomic E-state index is 0.150. The van der Waals surface area contributed by atoms with E-state index in [4.69, 9.17) is 9.47 Å². The van der Waals surface area contributed by atoms with Gasteiger partial charge < -0.3 is 9.47 Å². The van der Waals surface area contributed by atoms with Crippen LogP contribution in [0.1, 0.15) is 65.7 Å². The highest BCUT2D eigenvalue weighted by Gasteiger charge is 2.46. The summed E-state index contributed by atoms with van der Waals surface area (Å²) in [5, 5.41) is 3.39. The molecular weight excluding hydrogens is 254 g/mol. The highest BCUT2D eigenvalue weighted by Crippen LogP contribution is 2.33. The highest BCUT2D eigenvalue weighted by molar-refractivity contribution is 5.81. The van der Waals surface area contributed by atoms with Gasteiger partial charge in [0.25, 0.3) is 0 Å². The molecule has 4 heteroatoms. The van der Waals surface area contributed by atoms with Crippen molar-refractivity contribution < 1.29 is 14.3 Å². The first-order valence-electron chi connectivity index (χ1n) is 8.01. The number of methoxy groups -OCH3 is 1. The van der Waals surface area contributed by atoms with Gasteiger partial charge in [-0.3, -0.25) is 10.1 Å². The molecule has 0 bridgehead atoms. The van der Waals surface area contributed by atoms with Crippen LogP contribution in [0, 0.1) is 0 Å². The van der Waals surface area contributed by atoms with E-state index >= 15 is 0 Å². The van der Waals surface area contributed by atoms with E-state index in [9.17, 15) is 4.79 Å². The first-order valence-corrected chi connectivity index (χ1v) is 8.01. The zero-order chi connectivity index (χ0) is 15.0. The van der Waals surface area contributed by atoms with Crippen molar-refractivity contribution in [3.8, 4) is 0 Å². The van der Waals surface area contributed by atoms with Crippen molar-refractivity contribution in [1.82, 2.24) is 5.32 Å². The lowest BCUT2D eigenvalue weighted by atomic mass is 9.96. The van der Waals surface area contributed by atoms with E-state index in [1.165, 1.54) is 26.4 Å². The Kier molecular flexibility index (Phi) is 7.52. The molecule has 0 saturated heterocycles. The molecule has 118 valence electrons. The van der Waals surface area contributed by atoms with Gasteiger partial charge in [-0.15, -0.1) is 0 Å². The smallest absolute Gasteiger partial charge is 0.326 e. The van der Waals surface area contributed by atoms with Crippen LogP contribution in [0.3, 0.4) is 0 Å². The van der Waals surface area contributed by atoms with Gasteiger partial charge in [0.15, 0.2) is 0 Å². The molecule has 0 spiro atoms. The van der Waals surface area contributed by atoms with Crippen LogP contribution in [-0.4, -0.2) is 37.4 Å². The lowest BCUT2D eigenvalue weighted by Crippen LogP contribution is -2.53.